The highest BCUT2D eigenvalue weighted by atomic mass is 35.5. The molecule has 0 radical (unpaired) electrons. The van der Waals surface area contributed by atoms with E-state index < -0.39 is 15.6 Å². The summed E-state index contributed by atoms with van der Waals surface area (Å²) in [5.41, 5.74) is -0.153. The zero-order valence-electron chi connectivity index (χ0n) is 12.9. The largest absolute Gasteiger partial charge is 0.494 e. The molecule has 0 aliphatic carbocycles. The monoisotopic (exact) mass is 380 g/mol. The lowest BCUT2D eigenvalue weighted by Gasteiger charge is -2.08. The van der Waals surface area contributed by atoms with Crippen LogP contribution in [-0.4, -0.2) is 30.3 Å². The van der Waals surface area contributed by atoms with Crippen molar-refractivity contribution in [3.8, 4) is 11.4 Å². The van der Waals surface area contributed by atoms with E-state index in [1.54, 1.807) is 18.2 Å². The zero-order valence-corrected chi connectivity index (χ0v) is 14.5. The number of ether oxygens (including phenoxy) is 1. The van der Waals surface area contributed by atoms with Crippen molar-refractivity contribution in [3.63, 3.8) is 0 Å². The van der Waals surface area contributed by atoms with Crippen molar-refractivity contribution in [2.45, 2.75) is 4.90 Å². The number of benzene rings is 1. The maximum atomic E-state index is 12.4. The third-order valence-electron chi connectivity index (χ3n) is 3.32. The van der Waals surface area contributed by atoms with Crippen molar-refractivity contribution >= 4 is 27.3 Å². The van der Waals surface area contributed by atoms with Gasteiger partial charge in [-0.1, -0.05) is 11.6 Å². The van der Waals surface area contributed by atoms with Gasteiger partial charge in [0.1, 0.15) is 22.0 Å². The van der Waals surface area contributed by atoms with Gasteiger partial charge in [-0.2, -0.15) is 5.10 Å². The zero-order chi connectivity index (χ0) is 18.0. The van der Waals surface area contributed by atoms with Crippen LogP contribution >= 0.6 is 11.6 Å². The lowest BCUT2D eigenvalue weighted by atomic mass is 10.3. The van der Waals surface area contributed by atoms with E-state index in [1.807, 2.05) is 0 Å². The van der Waals surface area contributed by atoms with Crippen LogP contribution in [0, 0.1) is 0 Å². The molecular formula is C15H13ClN4O4S. The number of nitrogens with zero attached hydrogens (tertiary/aromatic N) is 2. The van der Waals surface area contributed by atoms with Crippen molar-refractivity contribution in [2.24, 2.45) is 0 Å². The molecule has 0 saturated heterocycles. The van der Waals surface area contributed by atoms with E-state index in [-0.39, 0.29) is 10.6 Å². The van der Waals surface area contributed by atoms with Crippen LogP contribution in [0.15, 0.2) is 58.6 Å². The molecule has 0 spiro atoms. The Hall–Kier alpha value is -2.78. The molecule has 0 bridgehead atoms. The molecular weight excluding hydrogens is 368 g/mol. The third kappa shape index (κ3) is 3.52. The first-order chi connectivity index (χ1) is 11.9. The minimum atomic E-state index is -3.98. The van der Waals surface area contributed by atoms with Crippen LogP contribution in [0.1, 0.15) is 0 Å². The Morgan fingerprint density at radius 2 is 2.12 bits per heavy atom. The number of anilines is 1. The first-order valence-electron chi connectivity index (χ1n) is 7.00. The molecule has 0 saturated carbocycles. The van der Waals surface area contributed by atoms with E-state index in [9.17, 15) is 13.2 Å². The molecule has 0 aliphatic rings. The minimum Gasteiger partial charge on any atom is -0.494 e. The van der Waals surface area contributed by atoms with E-state index in [4.69, 9.17) is 16.3 Å². The maximum absolute atomic E-state index is 12.4. The highest BCUT2D eigenvalue weighted by Crippen LogP contribution is 2.26. The molecule has 2 N–H and O–H groups in total. The van der Waals surface area contributed by atoms with Crippen molar-refractivity contribution < 1.29 is 13.2 Å². The van der Waals surface area contributed by atoms with Gasteiger partial charge in [0.25, 0.3) is 15.6 Å². The predicted octanol–water partition coefficient (Wildman–Crippen LogP) is 2.02. The van der Waals surface area contributed by atoms with Gasteiger partial charge in [0.2, 0.25) is 0 Å². The number of aromatic nitrogens is 3. The Morgan fingerprint density at radius 1 is 1.32 bits per heavy atom. The Bertz CT molecular complexity index is 1070. The van der Waals surface area contributed by atoms with Crippen LogP contribution < -0.4 is 15.0 Å². The first kappa shape index (κ1) is 17.1. The van der Waals surface area contributed by atoms with E-state index in [0.29, 0.717) is 16.5 Å². The van der Waals surface area contributed by atoms with Gasteiger partial charge in [0.15, 0.2) is 0 Å². The fourth-order valence-electron chi connectivity index (χ4n) is 2.12. The summed E-state index contributed by atoms with van der Waals surface area (Å²) in [7, 11) is -2.50. The molecule has 3 aromatic rings. The standard InChI is InChI=1S/C15H13ClN4O4S/c1-24-14-5-4-10(16)7-13(14)20-9-11(8-18-20)25(22,23)19-12-3-2-6-17-15(12)21/h2-9,19H,1H3,(H,17,21). The molecule has 10 heteroatoms. The summed E-state index contributed by atoms with van der Waals surface area (Å²) in [6.07, 6.45) is 3.87. The van der Waals surface area contributed by atoms with Crippen LogP contribution in [0.2, 0.25) is 5.02 Å². The van der Waals surface area contributed by atoms with Crippen LogP contribution in [0.5, 0.6) is 5.75 Å². The fraction of sp³-hybridized carbons (Fsp3) is 0.0667. The lowest BCUT2D eigenvalue weighted by molar-refractivity contribution is 0.411. The van der Waals surface area contributed by atoms with Crippen LogP contribution in [0.25, 0.3) is 5.69 Å². The Balaban J connectivity index is 1.97. The Kier molecular flexibility index (Phi) is 4.51. The molecule has 0 amide bonds. The van der Waals surface area contributed by atoms with Crippen LogP contribution in [0.4, 0.5) is 5.69 Å². The first-order valence-corrected chi connectivity index (χ1v) is 8.86. The van der Waals surface area contributed by atoms with Gasteiger partial charge in [0.05, 0.1) is 19.5 Å². The molecule has 3 rings (SSSR count). The maximum Gasteiger partial charge on any atom is 0.272 e. The molecule has 1 aromatic carbocycles. The highest BCUT2D eigenvalue weighted by molar-refractivity contribution is 7.92. The van der Waals surface area contributed by atoms with E-state index >= 15 is 0 Å². The molecule has 130 valence electrons. The Morgan fingerprint density at radius 3 is 2.84 bits per heavy atom. The molecule has 0 aliphatic heterocycles. The summed E-state index contributed by atoms with van der Waals surface area (Å²) in [6.45, 7) is 0. The molecule has 8 nitrogen and oxygen atoms in total. The van der Waals surface area contributed by atoms with Crippen molar-refractivity contribution in [1.29, 1.82) is 0 Å². The molecule has 25 heavy (non-hydrogen) atoms. The Labute approximate surface area is 148 Å². The van der Waals surface area contributed by atoms with Crippen LogP contribution in [0.3, 0.4) is 0 Å². The number of H-pyrrole nitrogens is 1. The van der Waals surface area contributed by atoms with Crippen molar-refractivity contribution in [1.82, 2.24) is 14.8 Å². The average molecular weight is 381 g/mol. The summed E-state index contributed by atoms with van der Waals surface area (Å²) in [6, 6.07) is 7.77. The van der Waals surface area contributed by atoms with Gasteiger partial charge in [-0.3, -0.25) is 9.52 Å². The number of halogens is 1. The second kappa shape index (κ2) is 6.61. The van der Waals surface area contributed by atoms with Gasteiger partial charge >= 0.3 is 0 Å². The van der Waals surface area contributed by atoms with E-state index in [2.05, 4.69) is 14.8 Å². The van der Waals surface area contributed by atoms with Crippen molar-refractivity contribution in [2.75, 3.05) is 11.8 Å². The molecule has 0 fully saturated rings. The van der Waals surface area contributed by atoms with Gasteiger partial charge < -0.3 is 9.72 Å². The summed E-state index contributed by atoms with van der Waals surface area (Å²) in [4.78, 5) is 13.9. The van der Waals surface area contributed by atoms with Crippen molar-refractivity contribution in [3.05, 3.63) is 64.3 Å². The lowest BCUT2D eigenvalue weighted by Crippen LogP contribution is -2.19. The predicted molar refractivity (Wildman–Crippen MR) is 93.0 cm³/mol. The third-order valence-corrected chi connectivity index (χ3v) is 4.87. The number of rotatable bonds is 5. The van der Waals surface area contributed by atoms with Gasteiger partial charge in [0, 0.05) is 11.2 Å². The number of nitrogens with one attached hydrogen (secondary N) is 2. The topological polar surface area (TPSA) is 106 Å². The smallest absolute Gasteiger partial charge is 0.272 e. The van der Waals surface area contributed by atoms with Gasteiger partial charge in [-0.25, -0.2) is 13.1 Å². The number of sulfonamides is 1. The number of pyridine rings is 1. The summed E-state index contributed by atoms with van der Waals surface area (Å²) in [5, 5.41) is 4.49. The normalized spacial score (nSPS) is 11.3. The van der Waals surface area contributed by atoms with Gasteiger partial charge in [-0.15, -0.1) is 0 Å². The SMILES string of the molecule is COc1ccc(Cl)cc1-n1cc(S(=O)(=O)Nc2ccc[nH]c2=O)cn1. The van der Waals surface area contributed by atoms with Gasteiger partial charge in [-0.05, 0) is 30.3 Å². The molecule has 2 heterocycles. The number of hydrogen-bond donors (Lipinski definition) is 2. The molecule has 0 unspecified atom stereocenters. The van der Waals surface area contributed by atoms with E-state index in [0.717, 1.165) is 0 Å². The number of methoxy groups -OCH3 is 1. The summed E-state index contributed by atoms with van der Waals surface area (Å²) >= 11 is 5.98. The minimum absolute atomic E-state index is 0.0874. The number of aromatic amines is 1. The second-order valence-corrected chi connectivity index (χ2v) is 7.07. The van der Waals surface area contributed by atoms with E-state index in [1.165, 1.54) is 42.5 Å². The summed E-state index contributed by atoms with van der Waals surface area (Å²) in [5.74, 6) is 0.476. The second-order valence-electron chi connectivity index (χ2n) is 4.96. The summed E-state index contributed by atoms with van der Waals surface area (Å²) < 4.78 is 33.7. The number of hydrogen-bond acceptors (Lipinski definition) is 5. The fourth-order valence-corrected chi connectivity index (χ4v) is 3.28. The molecule has 0 atom stereocenters. The average Bonchev–Trinajstić information content (AvgIpc) is 3.08. The highest BCUT2D eigenvalue weighted by Gasteiger charge is 2.19. The quantitative estimate of drug-likeness (QED) is 0.704. The van der Waals surface area contributed by atoms with Crippen LogP contribution in [-0.2, 0) is 10.0 Å². The molecule has 2 aromatic heterocycles.